The lowest BCUT2D eigenvalue weighted by Crippen LogP contribution is -2.40. The Balaban J connectivity index is 3.01. The van der Waals surface area contributed by atoms with Gasteiger partial charge in [-0.2, -0.15) is 4.39 Å². The van der Waals surface area contributed by atoms with Gasteiger partial charge >= 0.3 is 12.1 Å². The summed E-state index contributed by atoms with van der Waals surface area (Å²) >= 11 is 0. The summed E-state index contributed by atoms with van der Waals surface area (Å²) in [5.74, 6) is -2.18. The van der Waals surface area contributed by atoms with Crippen LogP contribution < -0.4 is 4.90 Å². The highest BCUT2D eigenvalue weighted by Gasteiger charge is 2.26. The Kier molecular flexibility index (Phi) is 4.42. The average Bonchev–Trinajstić information content (AvgIpc) is 2.23. The van der Waals surface area contributed by atoms with Gasteiger partial charge in [0.05, 0.1) is 0 Å². The molecule has 1 aromatic heterocycles. The van der Waals surface area contributed by atoms with E-state index in [4.69, 9.17) is 9.84 Å². The molecule has 1 amide bonds. The molecule has 1 heterocycles. The van der Waals surface area contributed by atoms with Crippen molar-refractivity contribution in [2.75, 3.05) is 11.4 Å². The van der Waals surface area contributed by atoms with Crippen molar-refractivity contribution < 1.29 is 23.8 Å². The first-order valence-electron chi connectivity index (χ1n) is 5.54. The van der Waals surface area contributed by atoms with Gasteiger partial charge in [-0.05, 0) is 32.9 Å². The van der Waals surface area contributed by atoms with Crippen molar-refractivity contribution in [2.24, 2.45) is 0 Å². The number of hydrogen-bond donors (Lipinski definition) is 1. The van der Waals surface area contributed by atoms with Crippen LogP contribution in [0.5, 0.6) is 0 Å². The fourth-order valence-corrected chi connectivity index (χ4v) is 1.24. The van der Waals surface area contributed by atoms with E-state index in [1.165, 1.54) is 12.1 Å². The maximum Gasteiger partial charge on any atom is 0.416 e. The zero-order valence-electron chi connectivity index (χ0n) is 10.9. The van der Waals surface area contributed by atoms with Gasteiger partial charge in [-0.15, -0.1) is 0 Å². The van der Waals surface area contributed by atoms with Gasteiger partial charge in [0.2, 0.25) is 5.95 Å². The number of carbonyl (C=O) groups is 2. The molecular formula is C12H15FN2O4. The number of carboxylic acid groups (broad SMARTS) is 1. The third-order valence-electron chi connectivity index (χ3n) is 1.88. The predicted octanol–water partition coefficient (Wildman–Crippen LogP) is 2.05. The molecule has 0 saturated heterocycles. The van der Waals surface area contributed by atoms with E-state index in [0.29, 0.717) is 0 Å². The van der Waals surface area contributed by atoms with Crippen molar-refractivity contribution in [1.29, 1.82) is 0 Å². The topological polar surface area (TPSA) is 79.7 Å². The maximum atomic E-state index is 13.0. The smallest absolute Gasteiger partial charge is 0.416 e. The van der Waals surface area contributed by atoms with Crippen LogP contribution in [0.25, 0.3) is 0 Å². The number of ether oxygens (including phenoxy) is 1. The minimum absolute atomic E-state index is 0.114. The van der Waals surface area contributed by atoms with E-state index in [-0.39, 0.29) is 5.82 Å². The summed E-state index contributed by atoms with van der Waals surface area (Å²) in [7, 11) is 0. The van der Waals surface area contributed by atoms with E-state index in [1.54, 1.807) is 20.8 Å². The molecule has 1 aromatic rings. The van der Waals surface area contributed by atoms with E-state index >= 15 is 0 Å². The molecule has 104 valence electrons. The minimum atomic E-state index is -1.25. The first-order chi connectivity index (χ1) is 8.69. The molecule has 0 radical (unpaired) electrons. The molecule has 1 rings (SSSR count). The van der Waals surface area contributed by atoms with E-state index in [9.17, 15) is 14.0 Å². The monoisotopic (exact) mass is 270 g/mol. The van der Waals surface area contributed by atoms with E-state index in [1.807, 2.05) is 0 Å². The molecule has 0 unspecified atom stereocenters. The number of carboxylic acids is 1. The molecule has 0 saturated carbocycles. The summed E-state index contributed by atoms with van der Waals surface area (Å²) in [5, 5.41) is 8.79. The lowest BCUT2D eigenvalue weighted by atomic mass is 10.2. The molecule has 19 heavy (non-hydrogen) atoms. The van der Waals surface area contributed by atoms with Crippen molar-refractivity contribution in [2.45, 2.75) is 26.4 Å². The summed E-state index contributed by atoms with van der Waals surface area (Å²) in [6.07, 6.45) is -0.895. The first kappa shape index (κ1) is 14.9. The molecule has 1 N–H and O–H groups in total. The van der Waals surface area contributed by atoms with E-state index in [0.717, 1.165) is 11.0 Å². The van der Waals surface area contributed by atoms with Crippen LogP contribution in [0.15, 0.2) is 18.2 Å². The summed E-state index contributed by atoms with van der Waals surface area (Å²) in [6.45, 7) is 4.26. The molecule has 0 fully saturated rings. The summed E-state index contributed by atoms with van der Waals surface area (Å²) in [4.78, 5) is 26.9. The molecule has 0 spiro atoms. The predicted molar refractivity (Wildman–Crippen MR) is 65.4 cm³/mol. The number of hydrogen-bond acceptors (Lipinski definition) is 4. The van der Waals surface area contributed by atoms with Crippen LogP contribution in [0.1, 0.15) is 20.8 Å². The lowest BCUT2D eigenvalue weighted by molar-refractivity contribution is -0.135. The Hall–Kier alpha value is -2.18. The van der Waals surface area contributed by atoms with Gasteiger partial charge in [-0.25, -0.2) is 9.78 Å². The third kappa shape index (κ3) is 4.90. The largest absolute Gasteiger partial charge is 0.480 e. The highest BCUT2D eigenvalue weighted by Crippen LogP contribution is 2.16. The number of aliphatic carboxylic acids is 1. The molecular weight excluding hydrogens is 255 g/mol. The van der Waals surface area contributed by atoms with Gasteiger partial charge in [0.15, 0.2) is 0 Å². The highest BCUT2D eigenvalue weighted by molar-refractivity contribution is 5.92. The average molecular weight is 270 g/mol. The second-order valence-electron chi connectivity index (χ2n) is 4.78. The molecule has 0 aliphatic carbocycles. The first-order valence-corrected chi connectivity index (χ1v) is 5.54. The van der Waals surface area contributed by atoms with Crippen LogP contribution in [0.2, 0.25) is 0 Å². The van der Waals surface area contributed by atoms with Crippen molar-refractivity contribution in [1.82, 2.24) is 4.98 Å². The highest BCUT2D eigenvalue weighted by atomic mass is 19.1. The fourth-order valence-electron chi connectivity index (χ4n) is 1.24. The molecule has 0 aliphatic heterocycles. The van der Waals surface area contributed by atoms with Crippen LogP contribution in [0, 0.1) is 5.95 Å². The fraction of sp³-hybridized carbons (Fsp3) is 0.417. The second kappa shape index (κ2) is 5.64. The number of rotatable bonds is 3. The number of pyridine rings is 1. The van der Waals surface area contributed by atoms with Crippen LogP contribution in [0.3, 0.4) is 0 Å². The normalized spacial score (nSPS) is 10.9. The SMILES string of the molecule is CC(C)(C)OC(=O)N(CC(=O)O)c1cccc(F)n1. The van der Waals surface area contributed by atoms with Crippen LogP contribution >= 0.6 is 0 Å². The number of amides is 1. The number of nitrogens with zero attached hydrogens (tertiary/aromatic N) is 2. The molecule has 0 aromatic carbocycles. The van der Waals surface area contributed by atoms with Crippen molar-refractivity contribution in [3.05, 3.63) is 24.1 Å². The van der Waals surface area contributed by atoms with Gasteiger partial charge in [0.25, 0.3) is 0 Å². The van der Waals surface area contributed by atoms with E-state index in [2.05, 4.69) is 4.98 Å². The molecule has 6 nitrogen and oxygen atoms in total. The minimum Gasteiger partial charge on any atom is -0.480 e. The quantitative estimate of drug-likeness (QED) is 0.850. The zero-order valence-corrected chi connectivity index (χ0v) is 10.9. The van der Waals surface area contributed by atoms with Gasteiger partial charge in [-0.1, -0.05) is 6.07 Å². The van der Waals surface area contributed by atoms with Crippen LogP contribution in [0.4, 0.5) is 15.0 Å². The number of carbonyl (C=O) groups excluding carboxylic acids is 1. The second-order valence-corrected chi connectivity index (χ2v) is 4.78. The Bertz CT molecular complexity index is 485. The Labute approximate surface area is 109 Å². The molecule has 7 heteroatoms. The van der Waals surface area contributed by atoms with Crippen molar-refractivity contribution in [3.8, 4) is 0 Å². The standard InChI is InChI=1S/C12H15FN2O4/c1-12(2,3)19-11(18)15(7-10(16)17)9-6-4-5-8(13)14-9/h4-6H,7H2,1-3H3,(H,16,17). The van der Waals surface area contributed by atoms with Crippen LogP contribution in [-0.4, -0.2) is 34.3 Å². The zero-order chi connectivity index (χ0) is 14.6. The molecule has 0 atom stereocenters. The summed E-state index contributed by atoms with van der Waals surface area (Å²) in [5.41, 5.74) is -0.791. The van der Waals surface area contributed by atoms with Crippen molar-refractivity contribution >= 4 is 17.9 Å². The molecule has 0 aliphatic rings. The van der Waals surface area contributed by atoms with Gasteiger partial charge in [-0.3, -0.25) is 9.69 Å². The van der Waals surface area contributed by atoms with Gasteiger partial charge in [0.1, 0.15) is 18.0 Å². The summed E-state index contributed by atoms with van der Waals surface area (Å²) in [6, 6.07) is 3.75. The van der Waals surface area contributed by atoms with Crippen molar-refractivity contribution in [3.63, 3.8) is 0 Å². The van der Waals surface area contributed by atoms with Gasteiger partial charge in [0, 0.05) is 0 Å². The number of anilines is 1. The number of halogens is 1. The Morgan fingerprint density at radius 1 is 1.42 bits per heavy atom. The third-order valence-corrected chi connectivity index (χ3v) is 1.88. The van der Waals surface area contributed by atoms with Gasteiger partial charge < -0.3 is 9.84 Å². The molecule has 0 bridgehead atoms. The lowest BCUT2D eigenvalue weighted by Gasteiger charge is -2.25. The van der Waals surface area contributed by atoms with E-state index < -0.39 is 30.2 Å². The summed E-state index contributed by atoms with van der Waals surface area (Å²) < 4.78 is 18.1. The number of aromatic nitrogens is 1. The van der Waals surface area contributed by atoms with Crippen LogP contribution in [-0.2, 0) is 9.53 Å². The Morgan fingerprint density at radius 2 is 2.05 bits per heavy atom. The Morgan fingerprint density at radius 3 is 2.53 bits per heavy atom. The maximum absolute atomic E-state index is 13.0.